The van der Waals surface area contributed by atoms with Crippen LogP contribution >= 0.6 is 22.7 Å². The van der Waals surface area contributed by atoms with Gasteiger partial charge in [-0.05, 0) is 43.0 Å². The molecule has 0 radical (unpaired) electrons. The summed E-state index contributed by atoms with van der Waals surface area (Å²) in [6.45, 7) is 2.32. The number of aryl methyl sites for hydroxylation is 1. The highest BCUT2D eigenvalue weighted by atomic mass is 32.1. The number of hydrogen-bond acceptors (Lipinski definition) is 10. The third-order valence-corrected chi connectivity index (χ3v) is 9.02. The summed E-state index contributed by atoms with van der Waals surface area (Å²) in [5.41, 5.74) is 2.42. The Morgan fingerprint density at radius 2 is 1.73 bits per heavy atom. The van der Waals surface area contributed by atoms with E-state index in [1.165, 1.54) is 15.0 Å². The van der Waals surface area contributed by atoms with Gasteiger partial charge in [-0.2, -0.15) is 4.98 Å². The van der Waals surface area contributed by atoms with E-state index >= 15 is 0 Å². The molecule has 8 nitrogen and oxygen atoms in total. The van der Waals surface area contributed by atoms with Gasteiger partial charge in [0, 0.05) is 22.1 Å². The molecule has 1 saturated carbocycles. The number of thiophene rings is 1. The molecule has 5 aromatic rings. The second-order valence-electron chi connectivity index (χ2n) is 9.36. The van der Waals surface area contributed by atoms with E-state index in [4.69, 9.17) is 15.0 Å². The van der Waals surface area contributed by atoms with Crippen molar-refractivity contribution in [3.8, 4) is 10.6 Å². The maximum absolute atomic E-state index is 10.7. The van der Waals surface area contributed by atoms with Gasteiger partial charge in [-0.25, -0.2) is 9.97 Å². The first-order valence-electron chi connectivity index (χ1n) is 12.2. The smallest absolute Gasteiger partial charge is 0.225 e. The van der Waals surface area contributed by atoms with Gasteiger partial charge < -0.3 is 26.0 Å². The maximum Gasteiger partial charge on any atom is 0.225 e. The van der Waals surface area contributed by atoms with Crippen molar-refractivity contribution in [1.82, 2.24) is 15.0 Å². The molecule has 0 bridgehead atoms. The molecule has 0 amide bonds. The summed E-state index contributed by atoms with van der Waals surface area (Å²) >= 11 is 3.29. The number of fused-ring (bicyclic) bond motifs is 2. The number of aliphatic hydroxyl groups is 3. The lowest BCUT2D eigenvalue weighted by molar-refractivity contribution is 0.00446. The first-order chi connectivity index (χ1) is 18.0. The fourth-order valence-electron chi connectivity index (χ4n) is 4.91. The number of anilines is 2. The number of benzene rings is 2. The SMILES string of the molecule is Cc1nc(NCc2cc3ccccc3s2)nc(N[C@@H]2C[C@H](CO)[C@@H](O)[C@H]2O)c1-c1nc2ccccc2s1. The topological polar surface area (TPSA) is 123 Å². The molecule has 1 fully saturated rings. The molecule has 1 aliphatic carbocycles. The largest absolute Gasteiger partial charge is 0.396 e. The van der Waals surface area contributed by atoms with Crippen LogP contribution in [0.15, 0.2) is 54.6 Å². The molecule has 2 aromatic carbocycles. The van der Waals surface area contributed by atoms with Crippen molar-refractivity contribution in [3.63, 3.8) is 0 Å². The Kier molecular flexibility index (Phi) is 6.51. The normalized spacial score (nSPS) is 21.6. The summed E-state index contributed by atoms with van der Waals surface area (Å²) < 4.78 is 2.30. The van der Waals surface area contributed by atoms with E-state index in [2.05, 4.69) is 28.8 Å². The number of aromatic nitrogens is 3. The molecule has 0 unspecified atom stereocenters. The average molecular weight is 534 g/mol. The van der Waals surface area contributed by atoms with Crippen molar-refractivity contribution < 1.29 is 15.3 Å². The Bertz CT molecular complexity index is 1500. The van der Waals surface area contributed by atoms with Gasteiger partial charge >= 0.3 is 0 Å². The molecular formula is C27H27N5O3S2. The molecule has 0 saturated heterocycles. The van der Waals surface area contributed by atoms with Crippen molar-refractivity contribution in [1.29, 1.82) is 0 Å². The van der Waals surface area contributed by atoms with Gasteiger partial charge in [0.25, 0.3) is 0 Å². The van der Waals surface area contributed by atoms with Crippen LogP contribution in [0.4, 0.5) is 11.8 Å². The lowest BCUT2D eigenvalue weighted by Gasteiger charge is -2.21. The van der Waals surface area contributed by atoms with E-state index in [9.17, 15) is 15.3 Å². The molecule has 0 spiro atoms. The first kappa shape index (κ1) is 24.2. The van der Waals surface area contributed by atoms with Crippen molar-refractivity contribution in [3.05, 3.63) is 65.2 Å². The third-order valence-electron chi connectivity index (χ3n) is 6.85. The Balaban J connectivity index is 1.35. The number of thiazole rings is 1. The lowest BCUT2D eigenvalue weighted by atomic mass is 10.1. The van der Waals surface area contributed by atoms with E-state index < -0.39 is 24.2 Å². The van der Waals surface area contributed by atoms with Crippen LogP contribution in [0.1, 0.15) is 17.0 Å². The quantitative estimate of drug-likeness (QED) is 0.209. The highest BCUT2D eigenvalue weighted by Crippen LogP contribution is 2.38. The second-order valence-corrected chi connectivity index (χ2v) is 11.6. The molecule has 37 heavy (non-hydrogen) atoms. The van der Waals surface area contributed by atoms with Gasteiger partial charge in [0.2, 0.25) is 5.95 Å². The summed E-state index contributed by atoms with van der Waals surface area (Å²) in [5, 5.41) is 39.4. The monoisotopic (exact) mass is 533 g/mol. The van der Waals surface area contributed by atoms with Crippen molar-refractivity contribution in [2.24, 2.45) is 5.92 Å². The maximum atomic E-state index is 10.7. The Morgan fingerprint density at radius 3 is 2.49 bits per heavy atom. The van der Waals surface area contributed by atoms with Gasteiger partial charge in [-0.15, -0.1) is 22.7 Å². The van der Waals surface area contributed by atoms with Gasteiger partial charge in [-0.3, -0.25) is 0 Å². The summed E-state index contributed by atoms with van der Waals surface area (Å²) in [5.74, 6) is 0.612. The summed E-state index contributed by atoms with van der Waals surface area (Å²) in [7, 11) is 0. The molecule has 3 aromatic heterocycles. The second kappa shape index (κ2) is 9.96. The van der Waals surface area contributed by atoms with E-state index in [0.717, 1.165) is 26.5 Å². The third kappa shape index (κ3) is 4.67. The van der Waals surface area contributed by atoms with Crippen LogP contribution in [0, 0.1) is 12.8 Å². The van der Waals surface area contributed by atoms with Crippen LogP contribution in [0.2, 0.25) is 0 Å². The molecule has 6 rings (SSSR count). The van der Waals surface area contributed by atoms with Crippen LogP contribution in [0.25, 0.3) is 30.9 Å². The van der Waals surface area contributed by atoms with Crippen LogP contribution in [-0.2, 0) is 6.54 Å². The van der Waals surface area contributed by atoms with E-state index in [1.54, 1.807) is 22.7 Å². The molecular weight excluding hydrogens is 506 g/mol. The molecule has 10 heteroatoms. The molecule has 1 aliphatic rings. The predicted molar refractivity (Wildman–Crippen MR) is 149 cm³/mol. The highest BCUT2D eigenvalue weighted by Gasteiger charge is 2.41. The van der Waals surface area contributed by atoms with Crippen molar-refractivity contribution in [2.45, 2.75) is 38.1 Å². The first-order valence-corrected chi connectivity index (χ1v) is 13.8. The molecule has 5 N–H and O–H groups in total. The average Bonchev–Trinajstić information content (AvgIpc) is 3.58. The van der Waals surface area contributed by atoms with Crippen LogP contribution < -0.4 is 10.6 Å². The zero-order valence-corrected chi connectivity index (χ0v) is 21.8. The summed E-state index contributed by atoms with van der Waals surface area (Å²) in [6, 6.07) is 17.9. The van der Waals surface area contributed by atoms with Crippen molar-refractivity contribution in [2.75, 3.05) is 17.2 Å². The summed E-state index contributed by atoms with van der Waals surface area (Å²) in [6.07, 6.45) is -1.60. The lowest BCUT2D eigenvalue weighted by Crippen LogP contribution is -2.35. The van der Waals surface area contributed by atoms with Gasteiger partial charge in [0.1, 0.15) is 16.9 Å². The standard InChI is InChI=1S/C27H27N5O3S2/c1-14-22(26-31-18-7-3-5-9-21(18)37-26)25(30-19-11-16(13-33)23(34)24(19)35)32-27(29-14)28-12-17-10-15-6-2-4-8-20(15)36-17/h2-10,16,19,23-24,33-35H,11-13H2,1H3,(H2,28,29,30,32)/t16-,19-,23-,24+/m1/s1. The summed E-state index contributed by atoms with van der Waals surface area (Å²) in [4.78, 5) is 15.5. The zero-order valence-electron chi connectivity index (χ0n) is 20.1. The molecule has 0 aliphatic heterocycles. The van der Waals surface area contributed by atoms with Crippen LogP contribution in [0.5, 0.6) is 0 Å². The minimum Gasteiger partial charge on any atom is -0.396 e. The molecule has 4 atom stereocenters. The highest BCUT2D eigenvalue weighted by molar-refractivity contribution is 7.21. The molecule has 190 valence electrons. The number of hydrogen-bond donors (Lipinski definition) is 5. The van der Waals surface area contributed by atoms with Gasteiger partial charge in [0.05, 0.1) is 40.2 Å². The predicted octanol–water partition coefficient (Wildman–Crippen LogP) is 4.40. The number of para-hydroxylation sites is 1. The fraction of sp³-hybridized carbons (Fsp3) is 0.296. The van der Waals surface area contributed by atoms with Crippen molar-refractivity contribution >= 4 is 54.7 Å². The number of nitrogens with one attached hydrogen (secondary N) is 2. The van der Waals surface area contributed by atoms with E-state index in [1.807, 2.05) is 43.3 Å². The van der Waals surface area contributed by atoms with Gasteiger partial charge in [-0.1, -0.05) is 30.3 Å². The Hall–Kier alpha value is -3.15. The minimum absolute atomic E-state index is 0.189. The Morgan fingerprint density at radius 1 is 0.946 bits per heavy atom. The van der Waals surface area contributed by atoms with Crippen LogP contribution in [0.3, 0.4) is 0 Å². The zero-order chi connectivity index (χ0) is 25.5. The fourth-order valence-corrected chi connectivity index (χ4v) is 6.97. The number of aliphatic hydroxyl groups excluding tert-OH is 3. The molecule has 3 heterocycles. The van der Waals surface area contributed by atoms with Crippen LogP contribution in [-0.4, -0.2) is 55.1 Å². The Labute approximate surface area is 221 Å². The van der Waals surface area contributed by atoms with E-state index in [0.29, 0.717) is 24.7 Å². The number of nitrogens with zero attached hydrogens (tertiary/aromatic N) is 3. The van der Waals surface area contributed by atoms with Gasteiger partial charge in [0.15, 0.2) is 0 Å². The number of rotatable bonds is 7. The minimum atomic E-state index is -1.02. The van der Waals surface area contributed by atoms with E-state index in [-0.39, 0.29) is 6.61 Å².